The van der Waals surface area contributed by atoms with Gasteiger partial charge in [-0.15, -0.1) is 0 Å². The number of aliphatic hydroxyl groups is 5. The summed E-state index contributed by atoms with van der Waals surface area (Å²) in [5, 5.41) is 50.5. The van der Waals surface area contributed by atoms with Crippen LogP contribution in [0.3, 0.4) is 0 Å². The van der Waals surface area contributed by atoms with Crippen LogP contribution in [-0.2, 0) is 27.9 Å². The van der Waals surface area contributed by atoms with E-state index in [0.29, 0.717) is 13.0 Å². The number of ether oxygens (including phenoxy) is 2. The minimum atomic E-state index is -5.04. The molecular weight excluding hydrogens is 956 g/mol. The summed E-state index contributed by atoms with van der Waals surface area (Å²) in [6.45, 7) is 4.08. The SMILES string of the molecule is CC/C=C\C/C=C\C/C=C\C/C=C\C/C=C\C/C=C\C/C=C\CCCCOCC(COP(=O)(O)OC1C(O)C(O)C(O)C(O)C1O)OC(=O)CCCCCCCCCCCCCCCCCCCCCCCCC. The molecule has 1 fully saturated rings. The summed E-state index contributed by atoms with van der Waals surface area (Å²) in [5.74, 6) is -0.491. The summed E-state index contributed by atoms with van der Waals surface area (Å²) in [5.41, 5.74) is 0. The monoisotopic (exact) mass is 1060 g/mol. The van der Waals surface area contributed by atoms with Crippen LogP contribution in [0, 0.1) is 0 Å². The molecule has 12 nitrogen and oxygen atoms in total. The van der Waals surface area contributed by atoms with E-state index in [1.807, 2.05) is 0 Å². The maximum atomic E-state index is 12.9. The number of carbonyl (C=O) groups is 1. The summed E-state index contributed by atoms with van der Waals surface area (Å²) in [7, 11) is -5.04. The fourth-order valence-corrected chi connectivity index (χ4v) is 9.66. The zero-order chi connectivity index (χ0) is 54.0. The van der Waals surface area contributed by atoms with Crippen molar-refractivity contribution in [2.24, 2.45) is 0 Å². The molecule has 6 N–H and O–H groups in total. The van der Waals surface area contributed by atoms with Gasteiger partial charge in [-0.2, -0.15) is 0 Å². The van der Waals surface area contributed by atoms with Gasteiger partial charge in [0.15, 0.2) is 0 Å². The molecule has 74 heavy (non-hydrogen) atoms. The molecule has 6 unspecified atom stereocenters. The highest BCUT2D eigenvalue weighted by molar-refractivity contribution is 7.47. The van der Waals surface area contributed by atoms with Gasteiger partial charge in [0.1, 0.15) is 42.7 Å². The van der Waals surface area contributed by atoms with Crippen molar-refractivity contribution >= 4 is 13.8 Å². The first kappa shape index (κ1) is 69.5. The molecule has 0 heterocycles. The molecule has 0 spiro atoms. The molecule has 1 saturated carbocycles. The van der Waals surface area contributed by atoms with Crippen LogP contribution in [0.15, 0.2) is 85.1 Å². The predicted octanol–water partition coefficient (Wildman–Crippen LogP) is 14.4. The molecule has 0 aliphatic heterocycles. The van der Waals surface area contributed by atoms with E-state index in [1.54, 1.807) is 0 Å². The first-order chi connectivity index (χ1) is 36.0. The minimum Gasteiger partial charge on any atom is -0.457 e. The van der Waals surface area contributed by atoms with Gasteiger partial charge in [-0.3, -0.25) is 13.8 Å². The van der Waals surface area contributed by atoms with E-state index in [4.69, 9.17) is 18.5 Å². The minimum absolute atomic E-state index is 0.109. The van der Waals surface area contributed by atoms with Crippen molar-refractivity contribution in [1.29, 1.82) is 0 Å². The van der Waals surface area contributed by atoms with Gasteiger partial charge in [-0.05, 0) is 70.6 Å². The first-order valence-corrected chi connectivity index (χ1v) is 30.9. The third-order valence-corrected chi connectivity index (χ3v) is 14.3. The highest BCUT2D eigenvalue weighted by atomic mass is 31.2. The molecule has 0 saturated heterocycles. The van der Waals surface area contributed by atoms with Gasteiger partial charge in [-0.25, -0.2) is 4.57 Å². The molecule has 0 aromatic carbocycles. The molecular formula is C61H107O12P. The zero-order valence-electron chi connectivity index (χ0n) is 46.4. The summed E-state index contributed by atoms with van der Waals surface area (Å²) in [4.78, 5) is 23.3. The van der Waals surface area contributed by atoms with Crippen LogP contribution < -0.4 is 0 Å². The normalized spacial score (nSPS) is 21.0. The number of allylic oxidation sites excluding steroid dienone is 14. The lowest BCUT2D eigenvalue weighted by Crippen LogP contribution is -2.64. The first-order valence-electron chi connectivity index (χ1n) is 29.4. The van der Waals surface area contributed by atoms with Gasteiger partial charge in [0, 0.05) is 13.0 Å². The van der Waals surface area contributed by atoms with Crippen molar-refractivity contribution in [2.75, 3.05) is 19.8 Å². The Bertz CT molecular complexity index is 1540. The predicted molar refractivity (Wildman–Crippen MR) is 304 cm³/mol. The van der Waals surface area contributed by atoms with Gasteiger partial charge < -0.3 is 39.9 Å². The summed E-state index contributed by atoms with van der Waals surface area (Å²) in [6.07, 6.45) is 56.6. The van der Waals surface area contributed by atoms with Crippen LogP contribution in [0.5, 0.6) is 0 Å². The Labute approximate surface area is 450 Å². The number of aliphatic hydroxyl groups excluding tert-OH is 5. The van der Waals surface area contributed by atoms with Crippen LogP contribution in [0.25, 0.3) is 0 Å². The molecule has 1 aliphatic rings. The third-order valence-electron chi connectivity index (χ3n) is 13.3. The summed E-state index contributed by atoms with van der Waals surface area (Å²) in [6, 6.07) is 0. The highest BCUT2D eigenvalue weighted by Crippen LogP contribution is 2.47. The Morgan fingerprint density at radius 2 is 0.797 bits per heavy atom. The maximum Gasteiger partial charge on any atom is 0.472 e. The largest absolute Gasteiger partial charge is 0.472 e. The molecule has 0 aromatic heterocycles. The van der Waals surface area contributed by atoms with Crippen LogP contribution in [-0.4, -0.2) is 98.9 Å². The Hall–Kier alpha value is -2.48. The van der Waals surface area contributed by atoms with E-state index in [0.717, 1.165) is 83.5 Å². The fraction of sp³-hybridized carbons (Fsp3) is 0.754. The zero-order valence-corrected chi connectivity index (χ0v) is 47.3. The van der Waals surface area contributed by atoms with Crippen molar-refractivity contribution in [3.05, 3.63) is 85.1 Å². The van der Waals surface area contributed by atoms with E-state index in [-0.39, 0.29) is 13.0 Å². The van der Waals surface area contributed by atoms with Crippen LogP contribution >= 0.6 is 7.82 Å². The number of unbranched alkanes of at least 4 members (excludes halogenated alkanes) is 24. The molecule has 1 rings (SSSR count). The number of carbonyl (C=O) groups excluding carboxylic acids is 1. The molecule has 0 aromatic rings. The van der Waals surface area contributed by atoms with Gasteiger partial charge in [-0.1, -0.05) is 240 Å². The van der Waals surface area contributed by atoms with E-state index < -0.39 is 63.1 Å². The summed E-state index contributed by atoms with van der Waals surface area (Å²) < 4.78 is 34.4. The number of hydrogen-bond acceptors (Lipinski definition) is 11. The van der Waals surface area contributed by atoms with Gasteiger partial charge in [0.05, 0.1) is 13.2 Å². The van der Waals surface area contributed by atoms with Crippen molar-refractivity contribution in [3.8, 4) is 0 Å². The lowest BCUT2D eigenvalue weighted by molar-refractivity contribution is -0.220. The molecule has 6 atom stereocenters. The Morgan fingerprint density at radius 1 is 0.446 bits per heavy atom. The van der Waals surface area contributed by atoms with E-state index >= 15 is 0 Å². The number of rotatable bonds is 50. The average molecular weight is 1060 g/mol. The second-order valence-corrected chi connectivity index (χ2v) is 21.5. The molecule has 428 valence electrons. The van der Waals surface area contributed by atoms with Gasteiger partial charge in [0.25, 0.3) is 0 Å². The smallest absolute Gasteiger partial charge is 0.457 e. The lowest BCUT2D eigenvalue weighted by Gasteiger charge is -2.41. The number of phosphoric ester groups is 1. The fourth-order valence-electron chi connectivity index (χ4n) is 8.69. The highest BCUT2D eigenvalue weighted by Gasteiger charge is 2.51. The quantitative estimate of drug-likeness (QED) is 0.0146. The van der Waals surface area contributed by atoms with E-state index in [1.165, 1.54) is 122 Å². The second kappa shape index (κ2) is 50.1. The van der Waals surface area contributed by atoms with Crippen LogP contribution in [0.1, 0.15) is 232 Å². The Morgan fingerprint density at radius 3 is 1.19 bits per heavy atom. The van der Waals surface area contributed by atoms with Crippen molar-refractivity contribution in [3.63, 3.8) is 0 Å². The van der Waals surface area contributed by atoms with Crippen molar-refractivity contribution in [2.45, 2.75) is 275 Å². The molecule has 13 heteroatoms. The standard InChI is InChI=1S/C61H107O12P/c1-3-5-7-9-11-13-15-17-19-21-23-25-27-29-31-33-35-37-39-41-43-45-47-49-51-70-52-54(53-71-74(68,69)73-61-59(66)57(64)56(63)58(65)60(61)67)72-55(62)50-48-46-44-42-40-38-36-34-32-30-28-26-24-22-20-18-16-14-12-10-8-6-4-2/h5,7,11,13,17,19,23,25,29,31,35,37,41,43,54,56-61,63-67H,3-4,6,8-10,12,14-16,18,20-22,24,26-28,30,32-34,36,38-40,42,44-53H2,1-2H3,(H,68,69)/b7-5-,13-11-,19-17-,25-23-,31-29-,37-35-,43-41-. The Balaban J connectivity index is 2.32. The molecule has 0 radical (unpaired) electrons. The van der Waals surface area contributed by atoms with Crippen molar-refractivity contribution < 1.29 is 58.3 Å². The molecule has 1 aliphatic carbocycles. The topological polar surface area (TPSA) is 192 Å². The van der Waals surface area contributed by atoms with Gasteiger partial charge >= 0.3 is 13.8 Å². The average Bonchev–Trinajstić information content (AvgIpc) is 3.39. The summed E-state index contributed by atoms with van der Waals surface area (Å²) >= 11 is 0. The van der Waals surface area contributed by atoms with Crippen LogP contribution in [0.4, 0.5) is 0 Å². The number of esters is 1. The van der Waals surface area contributed by atoms with Gasteiger partial charge in [0.2, 0.25) is 0 Å². The van der Waals surface area contributed by atoms with E-state index in [9.17, 15) is 39.8 Å². The molecule has 0 amide bonds. The second-order valence-electron chi connectivity index (χ2n) is 20.1. The number of hydrogen-bond donors (Lipinski definition) is 6. The lowest BCUT2D eigenvalue weighted by atomic mass is 9.85. The maximum absolute atomic E-state index is 12.9. The number of phosphoric acid groups is 1. The Kier molecular flexibility index (Phi) is 47.0. The third kappa shape index (κ3) is 40.7. The van der Waals surface area contributed by atoms with Crippen LogP contribution in [0.2, 0.25) is 0 Å². The van der Waals surface area contributed by atoms with Crippen molar-refractivity contribution in [1.82, 2.24) is 0 Å². The van der Waals surface area contributed by atoms with E-state index in [2.05, 4.69) is 98.9 Å². The molecule has 0 bridgehead atoms.